The number of fused-ring (bicyclic) bond motifs is 2. The van der Waals surface area contributed by atoms with Crippen molar-refractivity contribution in [2.45, 2.75) is 5.25 Å². The Balaban J connectivity index is 1.91. The Hall–Kier alpha value is -1.33. The molecule has 2 aliphatic heterocycles. The molecule has 96 valence electrons. The Labute approximate surface area is 118 Å². The van der Waals surface area contributed by atoms with Crippen LogP contribution in [0.15, 0.2) is 52.5 Å². The predicted octanol–water partition coefficient (Wildman–Crippen LogP) is 1.36. The van der Waals surface area contributed by atoms with Crippen LogP contribution in [0.1, 0.15) is 0 Å². The van der Waals surface area contributed by atoms with Crippen molar-refractivity contribution >= 4 is 32.3 Å². The summed E-state index contributed by atoms with van der Waals surface area (Å²) in [5.41, 5.74) is 3.74. The number of rotatable bonds is 0. The molecule has 0 saturated carbocycles. The standard InChI is InChI=1S/C14H12N2OS2/c17-14-9-5-3-7-11-12(9)13(15-16-14)8-4-1-2-6-10(8)19(11)18/h1-10,12H,(H,16,17). The van der Waals surface area contributed by atoms with Crippen LogP contribution in [0.3, 0.4) is 0 Å². The SMILES string of the molecule is O=C1NN=C2C3C=CC=CC3S(=S)C3=CC=CC1C32. The molecule has 0 bridgehead atoms. The second kappa shape index (κ2) is 4.08. The lowest BCUT2D eigenvalue weighted by atomic mass is 9.76. The Morgan fingerprint density at radius 2 is 1.95 bits per heavy atom. The van der Waals surface area contributed by atoms with Crippen LogP contribution in [-0.2, 0) is 25.4 Å². The fourth-order valence-corrected chi connectivity index (χ4v) is 5.99. The minimum absolute atomic E-state index is 0.0172. The second-order valence-corrected chi connectivity index (χ2v) is 7.72. The third kappa shape index (κ3) is 1.51. The average Bonchev–Trinajstić information content (AvgIpc) is 2.46. The van der Waals surface area contributed by atoms with E-state index in [0.29, 0.717) is 5.25 Å². The lowest BCUT2D eigenvalue weighted by Crippen LogP contribution is -2.52. The van der Waals surface area contributed by atoms with Crippen molar-refractivity contribution in [2.75, 3.05) is 0 Å². The lowest BCUT2D eigenvalue weighted by molar-refractivity contribution is -0.124. The van der Waals surface area contributed by atoms with E-state index in [9.17, 15) is 4.79 Å². The van der Waals surface area contributed by atoms with E-state index in [0.717, 1.165) is 5.71 Å². The fourth-order valence-electron chi connectivity index (χ4n) is 3.18. The molecule has 1 fully saturated rings. The third-order valence-electron chi connectivity index (χ3n) is 4.07. The van der Waals surface area contributed by atoms with Crippen molar-refractivity contribution in [3.05, 3.63) is 47.4 Å². The van der Waals surface area contributed by atoms with Gasteiger partial charge in [0, 0.05) is 17.1 Å². The molecule has 0 aromatic rings. The van der Waals surface area contributed by atoms with Crippen molar-refractivity contribution in [1.82, 2.24) is 5.43 Å². The zero-order valence-electron chi connectivity index (χ0n) is 10.0. The first-order valence-corrected chi connectivity index (χ1v) is 8.50. The quantitative estimate of drug-likeness (QED) is 0.731. The van der Waals surface area contributed by atoms with Crippen LogP contribution in [0.2, 0.25) is 0 Å². The van der Waals surface area contributed by atoms with Gasteiger partial charge in [-0.05, 0) is 16.1 Å². The van der Waals surface area contributed by atoms with Gasteiger partial charge in [-0.25, -0.2) is 5.43 Å². The van der Waals surface area contributed by atoms with Crippen molar-refractivity contribution in [3.63, 3.8) is 0 Å². The van der Waals surface area contributed by atoms with Gasteiger partial charge < -0.3 is 0 Å². The van der Waals surface area contributed by atoms with Gasteiger partial charge in [0.2, 0.25) is 5.91 Å². The normalized spacial score (nSPS) is 41.9. The van der Waals surface area contributed by atoms with Gasteiger partial charge in [-0.1, -0.05) is 52.0 Å². The zero-order chi connectivity index (χ0) is 13.0. The van der Waals surface area contributed by atoms with Gasteiger partial charge in [-0.15, -0.1) is 0 Å². The van der Waals surface area contributed by atoms with Crippen LogP contribution in [0.25, 0.3) is 0 Å². The van der Waals surface area contributed by atoms with Crippen LogP contribution < -0.4 is 5.43 Å². The highest BCUT2D eigenvalue weighted by atomic mass is 32.8. The van der Waals surface area contributed by atoms with E-state index in [1.165, 1.54) is 4.91 Å². The lowest BCUT2D eigenvalue weighted by Gasteiger charge is -2.43. The van der Waals surface area contributed by atoms with Gasteiger partial charge in [-0.2, -0.15) is 5.10 Å². The van der Waals surface area contributed by atoms with Crippen LogP contribution in [-0.4, -0.2) is 16.9 Å². The number of nitrogens with one attached hydrogen (secondary N) is 1. The van der Waals surface area contributed by atoms with E-state index in [1.54, 1.807) is 0 Å². The molecule has 19 heavy (non-hydrogen) atoms. The Morgan fingerprint density at radius 1 is 1.16 bits per heavy atom. The molecular weight excluding hydrogens is 276 g/mol. The summed E-state index contributed by atoms with van der Waals surface area (Å²) in [5.74, 6) is 0.168. The molecule has 3 nitrogen and oxygen atoms in total. The van der Waals surface area contributed by atoms with Gasteiger partial charge >= 0.3 is 0 Å². The van der Waals surface area contributed by atoms with E-state index in [4.69, 9.17) is 11.2 Å². The summed E-state index contributed by atoms with van der Waals surface area (Å²) < 4.78 is 0. The molecular formula is C14H12N2OS2. The first kappa shape index (κ1) is 11.5. The summed E-state index contributed by atoms with van der Waals surface area (Å²) in [6, 6.07) is 0. The van der Waals surface area contributed by atoms with E-state index in [-0.39, 0.29) is 33.1 Å². The molecule has 1 amide bonds. The highest BCUT2D eigenvalue weighted by molar-refractivity contribution is 8.31. The summed E-state index contributed by atoms with van der Waals surface area (Å²) in [7, 11) is -0.253. The smallest absolute Gasteiger partial charge is 0.248 e. The summed E-state index contributed by atoms with van der Waals surface area (Å²) in [4.78, 5) is 13.2. The third-order valence-corrected chi connectivity index (χ3v) is 7.11. The molecule has 5 atom stereocenters. The monoisotopic (exact) mass is 288 g/mol. The molecule has 0 aromatic heterocycles. The molecule has 2 aliphatic carbocycles. The van der Waals surface area contributed by atoms with Gasteiger partial charge in [0.25, 0.3) is 0 Å². The Bertz CT molecular complexity index is 642. The maximum atomic E-state index is 12.0. The molecule has 5 heteroatoms. The number of carbonyl (C=O) groups is 1. The highest BCUT2D eigenvalue weighted by Gasteiger charge is 2.47. The van der Waals surface area contributed by atoms with Crippen molar-refractivity contribution < 1.29 is 4.79 Å². The van der Waals surface area contributed by atoms with Crippen LogP contribution in [0.4, 0.5) is 0 Å². The number of allylic oxidation sites excluding steroid dienone is 6. The van der Waals surface area contributed by atoms with Gasteiger partial charge in [0.05, 0.1) is 11.6 Å². The number of hydrogen-bond donors (Lipinski definition) is 1. The highest BCUT2D eigenvalue weighted by Crippen LogP contribution is 2.43. The molecule has 0 spiro atoms. The predicted molar refractivity (Wildman–Crippen MR) is 80.1 cm³/mol. The van der Waals surface area contributed by atoms with Gasteiger partial charge in [0.1, 0.15) is 0 Å². The minimum Gasteiger partial charge on any atom is -0.272 e. The van der Waals surface area contributed by atoms with Gasteiger partial charge in [-0.3, -0.25) is 4.79 Å². The maximum Gasteiger partial charge on any atom is 0.248 e. The Kier molecular flexibility index (Phi) is 2.47. The van der Waals surface area contributed by atoms with E-state index in [1.807, 2.05) is 12.2 Å². The van der Waals surface area contributed by atoms with Crippen LogP contribution in [0, 0.1) is 17.8 Å². The van der Waals surface area contributed by atoms with Crippen molar-refractivity contribution in [3.8, 4) is 0 Å². The second-order valence-electron chi connectivity index (χ2n) is 5.03. The van der Waals surface area contributed by atoms with E-state index >= 15 is 0 Å². The molecule has 0 radical (unpaired) electrons. The molecule has 5 unspecified atom stereocenters. The molecule has 0 aromatic carbocycles. The number of amides is 1. The summed E-state index contributed by atoms with van der Waals surface area (Å²) in [5, 5.41) is 4.66. The zero-order valence-corrected chi connectivity index (χ0v) is 11.7. The number of hydrazone groups is 1. The molecule has 1 N–H and O–H groups in total. The first-order valence-electron chi connectivity index (χ1n) is 6.28. The largest absolute Gasteiger partial charge is 0.272 e. The number of nitrogens with zero attached hydrogens (tertiary/aromatic N) is 1. The summed E-state index contributed by atoms with van der Waals surface area (Å²) in [6.07, 6.45) is 14.5. The Morgan fingerprint density at radius 3 is 2.84 bits per heavy atom. The molecule has 4 aliphatic rings. The summed E-state index contributed by atoms with van der Waals surface area (Å²) >= 11 is 5.76. The molecule has 1 saturated heterocycles. The number of carbonyl (C=O) groups excluding carboxylic acids is 1. The minimum atomic E-state index is -0.253. The van der Waals surface area contributed by atoms with E-state index in [2.05, 4.69) is 40.9 Å². The van der Waals surface area contributed by atoms with Gasteiger partial charge in [0.15, 0.2) is 0 Å². The average molecular weight is 288 g/mol. The first-order chi connectivity index (χ1) is 9.27. The molecule has 4 rings (SSSR count). The van der Waals surface area contributed by atoms with E-state index < -0.39 is 0 Å². The summed E-state index contributed by atoms with van der Waals surface area (Å²) in [6.45, 7) is 0. The number of hydrogen-bond acceptors (Lipinski definition) is 3. The van der Waals surface area contributed by atoms with Crippen LogP contribution >= 0.6 is 0 Å². The molecule has 2 heterocycles. The van der Waals surface area contributed by atoms with Crippen molar-refractivity contribution in [2.24, 2.45) is 22.9 Å². The van der Waals surface area contributed by atoms with Crippen molar-refractivity contribution in [1.29, 1.82) is 0 Å². The van der Waals surface area contributed by atoms with Crippen LogP contribution in [0.5, 0.6) is 0 Å². The fraction of sp³-hybridized carbons (Fsp3) is 0.286. The maximum absolute atomic E-state index is 12.0. The topological polar surface area (TPSA) is 41.5 Å².